The first-order chi connectivity index (χ1) is 8.72. The fourth-order valence-electron chi connectivity index (χ4n) is 2.01. The summed E-state index contributed by atoms with van der Waals surface area (Å²) in [6.45, 7) is 2.32. The summed E-state index contributed by atoms with van der Waals surface area (Å²) in [6, 6.07) is 12.1. The van der Waals surface area contributed by atoms with Gasteiger partial charge in [-0.2, -0.15) is 0 Å². The van der Waals surface area contributed by atoms with Gasteiger partial charge in [0.2, 0.25) is 0 Å². The van der Waals surface area contributed by atoms with Crippen molar-refractivity contribution in [2.45, 2.75) is 25.7 Å². The van der Waals surface area contributed by atoms with Gasteiger partial charge in [0.15, 0.2) is 0 Å². The van der Waals surface area contributed by atoms with Gasteiger partial charge in [-0.1, -0.05) is 30.7 Å². The number of aryl methyl sites for hydroxylation is 1. The largest absolute Gasteiger partial charge is 0.396 e. The average Bonchev–Trinajstić information content (AvgIpc) is 2.83. The second-order valence-electron chi connectivity index (χ2n) is 4.36. The first kappa shape index (κ1) is 13.6. The van der Waals surface area contributed by atoms with Crippen LogP contribution in [0.3, 0.4) is 0 Å². The van der Waals surface area contributed by atoms with Crippen LogP contribution in [0, 0.1) is 0 Å². The normalized spacial score (nSPS) is 12.6. The molecule has 1 N–H and O–H groups in total. The molecule has 0 saturated carbocycles. The van der Waals surface area contributed by atoms with E-state index in [0.29, 0.717) is 0 Å². The van der Waals surface area contributed by atoms with Gasteiger partial charge < -0.3 is 5.11 Å². The lowest BCUT2D eigenvalue weighted by molar-refractivity contribution is 0.265. The van der Waals surface area contributed by atoms with Crippen molar-refractivity contribution >= 4 is 22.9 Å². The Labute approximate surface area is 117 Å². The van der Waals surface area contributed by atoms with Crippen molar-refractivity contribution in [3.05, 3.63) is 56.7 Å². The van der Waals surface area contributed by atoms with Crippen LogP contribution in [-0.4, -0.2) is 11.7 Å². The smallest absolute Gasteiger partial charge is 0.0503 e. The van der Waals surface area contributed by atoms with Crippen molar-refractivity contribution in [2.75, 3.05) is 6.61 Å². The highest BCUT2D eigenvalue weighted by molar-refractivity contribution is 7.11. The Morgan fingerprint density at radius 1 is 1.22 bits per heavy atom. The van der Waals surface area contributed by atoms with Gasteiger partial charge in [0.05, 0.1) is 6.61 Å². The predicted octanol–water partition coefficient (Wildman–Crippen LogP) is 4.28. The van der Waals surface area contributed by atoms with E-state index >= 15 is 0 Å². The molecule has 18 heavy (non-hydrogen) atoms. The molecule has 2 aromatic rings. The van der Waals surface area contributed by atoms with E-state index in [9.17, 15) is 5.11 Å². The summed E-state index contributed by atoms with van der Waals surface area (Å²) in [4.78, 5) is 2.72. The molecular formula is C15H17ClOS. The number of aliphatic hydroxyl groups is 1. The highest BCUT2D eigenvalue weighted by atomic mass is 35.5. The third-order valence-corrected chi connectivity index (χ3v) is 4.54. The maximum Gasteiger partial charge on any atom is 0.0503 e. The number of halogens is 1. The Hall–Kier alpha value is -0.830. The van der Waals surface area contributed by atoms with Gasteiger partial charge in [0.1, 0.15) is 0 Å². The van der Waals surface area contributed by atoms with Crippen molar-refractivity contribution in [3.63, 3.8) is 0 Å². The first-order valence-electron chi connectivity index (χ1n) is 6.16. The summed E-state index contributed by atoms with van der Waals surface area (Å²) in [5.41, 5.74) is 1.11. The summed E-state index contributed by atoms with van der Waals surface area (Å²) in [5, 5.41) is 10.3. The minimum absolute atomic E-state index is 0.132. The number of rotatable bonds is 5. The van der Waals surface area contributed by atoms with Crippen LogP contribution in [-0.2, 0) is 12.8 Å². The molecule has 3 heteroatoms. The number of thiophene rings is 1. The maximum atomic E-state index is 9.56. The van der Waals surface area contributed by atoms with Crippen LogP contribution >= 0.6 is 22.9 Å². The van der Waals surface area contributed by atoms with E-state index < -0.39 is 0 Å². The second-order valence-corrected chi connectivity index (χ2v) is 6.05. The van der Waals surface area contributed by atoms with Crippen LogP contribution in [0.2, 0.25) is 5.02 Å². The molecule has 2 rings (SSSR count). The second kappa shape index (κ2) is 6.37. The fourth-order valence-corrected chi connectivity index (χ4v) is 3.25. The van der Waals surface area contributed by atoms with Gasteiger partial charge in [-0.3, -0.25) is 0 Å². The molecule has 0 aliphatic rings. The van der Waals surface area contributed by atoms with Crippen molar-refractivity contribution in [1.82, 2.24) is 0 Å². The minimum Gasteiger partial charge on any atom is -0.396 e. The third-order valence-electron chi connectivity index (χ3n) is 3.05. The van der Waals surface area contributed by atoms with Gasteiger partial charge >= 0.3 is 0 Å². The standard InChI is InChI=1S/C15H17ClOS/c1-2-14-6-7-15(18-14)9-12(10-17)11-4-3-5-13(16)8-11/h3-8,12,17H,2,9-10H2,1H3. The van der Waals surface area contributed by atoms with Gasteiger partial charge in [-0.25, -0.2) is 0 Å². The molecule has 0 saturated heterocycles. The summed E-state index contributed by atoms with van der Waals surface area (Å²) >= 11 is 7.83. The Morgan fingerprint density at radius 3 is 2.61 bits per heavy atom. The minimum atomic E-state index is 0.132. The predicted molar refractivity (Wildman–Crippen MR) is 78.7 cm³/mol. The average molecular weight is 281 g/mol. The number of aliphatic hydroxyl groups excluding tert-OH is 1. The molecule has 0 spiro atoms. The van der Waals surface area contributed by atoms with Gasteiger partial charge in [-0.05, 0) is 42.7 Å². The molecule has 1 unspecified atom stereocenters. The van der Waals surface area contributed by atoms with Crippen LogP contribution in [0.1, 0.15) is 28.2 Å². The molecule has 1 atom stereocenters. The Bertz CT molecular complexity index is 507. The van der Waals surface area contributed by atoms with E-state index in [0.717, 1.165) is 23.4 Å². The fraction of sp³-hybridized carbons (Fsp3) is 0.333. The Kier molecular flexibility index (Phi) is 4.81. The topological polar surface area (TPSA) is 20.2 Å². The zero-order valence-corrected chi connectivity index (χ0v) is 12.0. The number of benzene rings is 1. The summed E-state index contributed by atoms with van der Waals surface area (Å²) in [7, 11) is 0. The van der Waals surface area contributed by atoms with Crippen molar-refractivity contribution in [2.24, 2.45) is 0 Å². The first-order valence-corrected chi connectivity index (χ1v) is 7.36. The lowest BCUT2D eigenvalue weighted by Crippen LogP contribution is -2.06. The van der Waals surface area contributed by atoms with E-state index in [1.807, 2.05) is 35.6 Å². The summed E-state index contributed by atoms with van der Waals surface area (Å²) in [6.07, 6.45) is 1.95. The van der Waals surface area contributed by atoms with Crippen molar-refractivity contribution < 1.29 is 5.11 Å². The molecule has 0 aliphatic heterocycles. The number of hydrogen-bond donors (Lipinski definition) is 1. The molecular weight excluding hydrogens is 264 g/mol. The van der Waals surface area contributed by atoms with E-state index in [-0.39, 0.29) is 12.5 Å². The molecule has 1 heterocycles. The number of hydrogen-bond acceptors (Lipinski definition) is 2. The molecule has 96 valence electrons. The molecule has 0 aliphatic carbocycles. The quantitative estimate of drug-likeness (QED) is 0.867. The van der Waals surface area contributed by atoms with Gasteiger partial charge in [0, 0.05) is 20.7 Å². The molecule has 0 amide bonds. The van der Waals surface area contributed by atoms with E-state index in [2.05, 4.69) is 19.1 Å². The lowest BCUT2D eigenvalue weighted by atomic mass is 9.96. The third kappa shape index (κ3) is 3.35. The lowest BCUT2D eigenvalue weighted by Gasteiger charge is -2.13. The molecule has 0 fully saturated rings. The van der Waals surface area contributed by atoms with E-state index in [1.54, 1.807) is 0 Å². The highest BCUT2D eigenvalue weighted by Gasteiger charge is 2.13. The van der Waals surface area contributed by atoms with E-state index in [1.165, 1.54) is 9.75 Å². The molecule has 1 aromatic heterocycles. The summed E-state index contributed by atoms with van der Waals surface area (Å²) in [5.74, 6) is 0.132. The van der Waals surface area contributed by atoms with Crippen LogP contribution in [0.25, 0.3) is 0 Å². The van der Waals surface area contributed by atoms with Gasteiger partial charge in [-0.15, -0.1) is 11.3 Å². The van der Waals surface area contributed by atoms with Crippen LogP contribution in [0.4, 0.5) is 0 Å². The monoisotopic (exact) mass is 280 g/mol. The Balaban J connectivity index is 2.14. The SMILES string of the molecule is CCc1ccc(CC(CO)c2cccc(Cl)c2)s1. The van der Waals surface area contributed by atoms with Crippen molar-refractivity contribution in [3.8, 4) is 0 Å². The molecule has 0 radical (unpaired) electrons. The molecule has 1 aromatic carbocycles. The zero-order valence-electron chi connectivity index (χ0n) is 10.4. The van der Waals surface area contributed by atoms with Crippen molar-refractivity contribution in [1.29, 1.82) is 0 Å². The van der Waals surface area contributed by atoms with Crippen LogP contribution in [0.15, 0.2) is 36.4 Å². The zero-order chi connectivity index (χ0) is 13.0. The molecule has 1 nitrogen and oxygen atoms in total. The maximum absolute atomic E-state index is 9.56. The molecule has 0 bridgehead atoms. The Morgan fingerprint density at radius 2 is 2.00 bits per heavy atom. The summed E-state index contributed by atoms with van der Waals surface area (Å²) < 4.78 is 0. The highest BCUT2D eigenvalue weighted by Crippen LogP contribution is 2.26. The van der Waals surface area contributed by atoms with Crippen LogP contribution in [0.5, 0.6) is 0 Å². The van der Waals surface area contributed by atoms with E-state index in [4.69, 9.17) is 11.6 Å². The van der Waals surface area contributed by atoms with Gasteiger partial charge in [0.25, 0.3) is 0 Å². The van der Waals surface area contributed by atoms with Crippen LogP contribution < -0.4 is 0 Å².